The highest BCUT2D eigenvalue weighted by molar-refractivity contribution is 5.96. The molecule has 2 aliphatic rings. The average molecular weight is 512 g/mol. The molecular weight excluding hydrogens is 474 g/mol. The first-order valence-corrected chi connectivity index (χ1v) is 13.5. The summed E-state index contributed by atoms with van der Waals surface area (Å²) >= 11 is 0. The van der Waals surface area contributed by atoms with Gasteiger partial charge in [0, 0.05) is 63.7 Å². The molecule has 7 heteroatoms. The standard InChI is InChI=1S/C31H37N5O2/c1-22-8-5-12-28(24(22)3)33-14-18-35(19-15-33)30(37)26-10-7-11-27(32-26)31(38)36-20-16-34(17-21-36)29-13-6-9-23(2)25(29)4/h5-13H,14-21H2,1-4H3. The number of amides is 2. The molecule has 38 heavy (non-hydrogen) atoms. The summed E-state index contributed by atoms with van der Waals surface area (Å²) in [5, 5.41) is 0. The Bertz CT molecular complexity index is 1240. The van der Waals surface area contributed by atoms with E-state index in [1.54, 1.807) is 18.2 Å². The number of piperazine rings is 2. The van der Waals surface area contributed by atoms with Crippen molar-refractivity contribution < 1.29 is 9.59 Å². The van der Waals surface area contributed by atoms with Gasteiger partial charge in [-0.05, 0) is 74.2 Å². The summed E-state index contributed by atoms with van der Waals surface area (Å²) in [4.78, 5) is 39.5. The van der Waals surface area contributed by atoms with Crippen molar-refractivity contribution in [1.29, 1.82) is 0 Å². The van der Waals surface area contributed by atoms with Gasteiger partial charge in [0.2, 0.25) is 0 Å². The topological polar surface area (TPSA) is 60.0 Å². The molecule has 0 unspecified atom stereocenters. The van der Waals surface area contributed by atoms with Crippen molar-refractivity contribution in [3.63, 3.8) is 0 Å². The van der Waals surface area contributed by atoms with Crippen LogP contribution in [-0.4, -0.2) is 79.0 Å². The summed E-state index contributed by atoms with van der Waals surface area (Å²) in [5.41, 5.74) is 8.28. The maximum atomic E-state index is 13.3. The Morgan fingerprint density at radius 3 is 1.32 bits per heavy atom. The fourth-order valence-electron chi connectivity index (χ4n) is 5.45. The number of aryl methyl sites for hydroxylation is 2. The Morgan fingerprint density at radius 1 is 0.553 bits per heavy atom. The molecule has 2 amide bonds. The van der Waals surface area contributed by atoms with Crippen LogP contribution < -0.4 is 9.80 Å². The van der Waals surface area contributed by atoms with Crippen LogP contribution in [0.2, 0.25) is 0 Å². The van der Waals surface area contributed by atoms with E-state index >= 15 is 0 Å². The van der Waals surface area contributed by atoms with Gasteiger partial charge in [-0.15, -0.1) is 0 Å². The minimum absolute atomic E-state index is 0.111. The molecule has 0 bridgehead atoms. The molecule has 1 aromatic heterocycles. The predicted molar refractivity (Wildman–Crippen MR) is 152 cm³/mol. The van der Waals surface area contributed by atoms with Gasteiger partial charge in [0.15, 0.2) is 0 Å². The van der Waals surface area contributed by atoms with Crippen LogP contribution in [-0.2, 0) is 0 Å². The smallest absolute Gasteiger partial charge is 0.272 e. The molecule has 2 aliphatic heterocycles. The lowest BCUT2D eigenvalue weighted by molar-refractivity contribution is 0.0733. The van der Waals surface area contributed by atoms with Crippen LogP contribution in [0.1, 0.15) is 43.2 Å². The van der Waals surface area contributed by atoms with E-state index in [0.717, 1.165) is 26.2 Å². The fourth-order valence-corrected chi connectivity index (χ4v) is 5.45. The van der Waals surface area contributed by atoms with Crippen molar-refractivity contribution in [1.82, 2.24) is 14.8 Å². The van der Waals surface area contributed by atoms with Crippen molar-refractivity contribution in [3.8, 4) is 0 Å². The number of aromatic nitrogens is 1. The Kier molecular flexibility index (Phi) is 7.36. The van der Waals surface area contributed by atoms with Crippen molar-refractivity contribution in [3.05, 3.63) is 88.2 Å². The number of nitrogens with zero attached hydrogens (tertiary/aromatic N) is 5. The second-order valence-electron chi connectivity index (χ2n) is 10.4. The van der Waals surface area contributed by atoms with Crippen LogP contribution >= 0.6 is 0 Å². The Hall–Kier alpha value is -3.87. The van der Waals surface area contributed by atoms with E-state index in [0.29, 0.717) is 37.6 Å². The summed E-state index contributed by atoms with van der Waals surface area (Å²) in [7, 11) is 0. The van der Waals surface area contributed by atoms with Crippen molar-refractivity contribution in [2.45, 2.75) is 27.7 Å². The lowest BCUT2D eigenvalue weighted by Crippen LogP contribution is -2.50. The molecular formula is C31H37N5O2. The fraction of sp³-hybridized carbons (Fsp3) is 0.387. The zero-order valence-electron chi connectivity index (χ0n) is 22.9. The summed E-state index contributed by atoms with van der Waals surface area (Å²) in [6.07, 6.45) is 0. The predicted octanol–water partition coefficient (Wildman–Crippen LogP) is 4.24. The van der Waals surface area contributed by atoms with Gasteiger partial charge in [-0.25, -0.2) is 4.98 Å². The van der Waals surface area contributed by atoms with Gasteiger partial charge in [0.1, 0.15) is 11.4 Å². The molecule has 3 heterocycles. The minimum atomic E-state index is -0.111. The quantitative estimate of drug-likeness (QED) is 0.525. The van der Waals surface area contributed by atoms with Crippen LogP contribution in [0.4, 0.5) is 11.4 Å². The minimum Gasteiger partial charge on any atom is -0.368 e. The first kappa shape index (κ1) is 25.8. The Morgan fingerprint density at radius 2 is 0.921 bits per heavy atom. The monoisotopic (exact) mass is 511 g/mol. The number of carbonyl (C=O) groups is 2. The summed E-state index contributed by atoms with van der Waals surface area (Å²) in [6.45, 7) is 14.2. The Labute approximate surface area is 225 Å². The molecule has 3 aromatic rings. The van der Waals surface area contributed by atoms with E-state index in [1.165, 1.54) is 33.6 Å². The number of benzene rings is 2. The molecule has 0 saturated carbocycles. The lowest BCUT2D eigenvalue weighted by Gasteiger charge is -2.37. The van der Waals surface area contributed by atoms with Crippen LogP contribution in [0, 0.1) is 27.7 Å². The second kappa shape index (κ2) is 10.9. The molecule has 2 aromatic carbocycles. The molecule has 198 valence electrons. The molecule has 0 aliphatic carbocycles. The molecule has 2 fully saturated rings. The number of carbonyl (C=O) groups excluding carboxylic acids is 2. The van der Waals surface area contributed by atoms with E-state index in [-0.39, 0.29) is 11.8 Å². The lowest BCUT2D eigenvalue weighted by atomic mass is 10.1. The third-order valence-corrected chi connectivity index (χ3v) is 8.15. The van der Waals surface area contributed by atoms with Gasteiger partial charge in [0.05, 0.1) is 0 Å². The zero-order chi connectivity index (χ0) is 26.8. The SMILES string of the molecule is Cc1cccc(N2CCN(C(=O)c3cccc(C(=O)N4CCN(c5cccc(C)c5C)CC4)n3)CC2)c1C. The maximum absolute atomic E-state index is 13.3. The average Bonchev–Trinajstić information content (AvgIpc) is 2.95. The number of pyridine rings is 1. The van der Waals surface area contributed by atoms with E-state index in [4.69, 9.17) is 0 Å². The third-order valence-electron chi connectivity index (χ3n) is 8.15. The van der Waals surface area contributed by atoms with E-state index in [2.05, 4.69) is 78.9 Å². The van der Waals surface area contributed by atoms with Gasteiger partial charge in [0.25, 0.3) is 11.8 Å². The highest BCUT2D eigenvalue weighted by atomic mass is 16.2. The Balaban J connectivity index is 1.20. The summed E-state index contributed by atoms with van der Waals surface area (Å²) < 4.78 is 0. The summed E-state index contributed by atoms with van der Waals surface area (Å²) in [6, 6.07) is 17.9. The number of hydrogen-bond acceptors (Lipinski definition) is 5. The molecule has 2 saturated heterocycles. The molecule has 0 spiro atoms. The van der Waals surface area contributed by atoms with Crippen LogP contribution in [0.3, 0.4) is 0 Å². The van der Waals surface area contributed by atoms with Gasteiger partial charge >= 0.3 is 0 Å². The first-order valence-electron chi connectivity index (χ1n) is 13.5. The summed E-state index contributed by atoms with van der Waals surface area (Å²) in [5.74, 6) is -0.222. The largest absolute Gasteiger partial charge is 0.368 e. The highest BCUT2D eigenvalue weighted by Gasteiger charge is 2.27. The van der Waals surface area contributed by atoms with Gasteiger partial charge in [-0.1, -0.05) is 30.3 Å². The number of rotatable bonds is 4. The van der Waals surface area contributed by atoms with Gasteiger partial charge < -0.3 is 19.6 Å². The number of anilines is 2. The number of hydrogen-bond donors (Lipinski definition) is 0. The van der Waals surface area contributed by atoms with E-state index in [9.17, 15) is 9.59 Å². The molecule has 0 N–H and O–H groups in total. The van der Waals surface area contributed by atoms with Crippen molar-refractivity contribution in [2.75, 3.05) is 62.2 Å². The molecule has 7 nitrogen and oxygen atoms in total. The second-order valence-corrected chi connectivity index (χ2v) is 10.4. The van der Waals surface area contributed by atoms with E-state index in [1.807, 2.05) is 9.80 Å². The van der Waals surface area contributed by atoms with Crippen LogP contribution in [0.15, 0.2) is 54.6 Å². The highest BCUT2D eigenvalue weighted by Crippen LogP contribution is 2.25. The normalized spacial score (nSPS) is 16.1. The van der Waals surface area contributed by atoms with Gasteiger partial charge in [-0.3, -0.25) is 9.59 Å². The third kappa shape index (κ3) is 5.10. The van der Waals surface area contributed by atoms with Gasteiger partial charge in [-0.2, -0.15) is 0 Å². The van der Waals surface area contributed by atoms with Crippen molar-refractivity contribution >= 4 is 23.2 Å². The van der Waals surface area contributed by atoms with Crippen LogP contribution in [0.5, 0.6) is 0 Å². The molecule has 5 rings (SSSR count). The maximum Gasteiger partial charge on any atom is 0.272 e. The van der Waals surface area contributed by atoms with Crippen molar-refractivity contribution in [2.24, 2.45) is 0 Å². The van der Waals surface area contributed by atoms with E-state index < -0.39 is 0 Å². The molecule has 0 radical (unpaired) electrons. The van der Waals surface area contributed by atoms with Crippen LogP contribution in [0.25, 0.3) is 0 Å². The zero-order valence-corrected chi connectivity index (χ0v) is 22.9. The first-order chi connectivity index (χ1) is 18.3. The molecule has 0 atom stereocenters.